The Hall–Kier alpha value is -2.18. The lowest BCUT2D eigenvalue weighted by molar-refractivity contribution is 0.477. The van der Waals surface area contributed by atoms with Crippen molar-refractivity contribution in [3.05, 3.63) is 52.0 Å². The quantitative estimate of drug-likeness (QED) is 0.834. The van der Waals surface area contributed by atoms with Crippen molar-refractivity contribution in [3.8, 4) is 17.6 Å². The monoisotopic (exact) mass is 272 g/mol. The summed E-state index contributed by atoms with van der Waals surface area (Å²) in [5.41, 5.74) is 8.82. The summed E-state index contributed by atoms with van der Waals surface area (Å²) in [5, 5.41) is 9.59. The van der Waals surface area contributed by atoms with Crippen LogP contribution in [0.3, 0.4) is 0 Å². The summed E-state index contributed by atoms with van der Waals surface area (Å²) >= 11 is 5.85. The minimum Gasteiger partial charge on any atom is -0.456 e. The summed E-state index contributed by atoms with van der Waals surface area (Å²) in [7, 11) is 0. The molecule has 2 aromatic carbocycles. The van der Waals surface area contributed by atoms with Crippen LogP contribution in [-0.4, -0.2) is 0 Å². The van der Waals surface area contributed by atoms with E-state index in [9.17, 15) is 0 Å². The fraction of sp³-hybridized carbons (Fsp3) is 0.133. The minimum absolute atomic E-state index is 0.404. The van der Waals surface area contributed by atoms with Gasteiger partial charge in [-0.3, -0.25) is 0 Å². The van der Waals surface area contributed by atoms with Crippen LogP contribution in [0.15, 0.2) is 30.3 Å². The van der Waals surface area contributed by atoms with Gasteiger partial charge in [0.2, 0.25) is 0 Å². The van der Waals surface area contributed by atoms with E-state index in [1.54, 1.807) is 18.2 Å². The lowest BCUT2D eigenvalue weighted by Crippen LogP contribution is -1.95. The Balaban J connectivity index is 2.42. The van der Waals surface area contributed by atoms with Gasteiger partial charge in [-0.1, -0.05) is 11.6 Å². The molecule has 0 aliphatic heterocycles. The third kappa shape index (κ3) is 2.81. The van der Waals surface area contributed by atoms with Gasteiger partial charge in [-0.05, 0) is 55.3 Å². The number of ether oxygens (including phenoxy) is 1. The van der Waals surface area contributed by atoms with E-state index in [1.165, 1.54) is 0 Å². The molecular weight excluding hydrogens is 260 g/mol. The van der Waals surface area contributed by atoms with Gasteiger partial charge in [-0.2, -0.15) is 5.26 Å². The van der Waals surface area contributed by atoms with Crippen LogP contribution >= 0.6 is 11.6 Å². The highest BCUT2D eigenvalue weighted by Crippen LogP contribution is 2.31. The van der Waals surface area contributed by atoms with Crippen LogP contribution in [0, 0.1) is 25.2 Å². The van der Waals surface area contributed by atoms with Gasteiger partial charge in [0, 0.05) is 10.7 Å². The SMILES string of the molecule is Cc1cc(Oc2ccc(Cl)cc2C#N)c(C)cc1N. The van der Waals surface area contributed by atoms with Crippen LogP contribution in [0.1, 0.15) is 16.7 Å². The molecule has 0 aliphatic rings. The van der Waals surface area contributed by atoms with Gasteiger partial charge in [0.05, 0.1) is 5.56 Å². The van der Waals surface area contributed by atoms with E-state index in [4.69, 9.17) is 27.3 Å². The molecule has 0 spiro atoms. The summed E-state index contributed by atoms with van der Waals surface area (Å²) in [6.07, 6.45) is 0. The van der Waals surface area contributed by atoms with E-state index < -0.39 is 0 Å². The maximum Gasteiger partial charge on any atom is 0.145 e. The highest BCUT2D eigenvalue weighted by molar-refractivity contribution is 6.30. The predicted octanol–water partition coefficient (Wildman–Crippen LogP) is 4.20. The Morgan fingerprint density at radius 2 is 1.84 bits per heavy atom. The zero-order valence-electron chi connectivity index (χ0n) is 10.7. The minimum atomic E-state index is 0.404. The maximum absolute atomic E-state index is 9.08. The van der Waals surface area contributed by atoms with Gasteiger partial charge in [0.15, 0.2) is 0 Å². The average Bonchev–Trinajstić information content (AvgIpc) is 2.37. The van der Waals surface area contributed by atoms with Crippen LogP contribution in [0.25, 0.3) is 0 Å². The Labute approximate surface area is 117 Å². The fourth-order valence-corrected chi connectivity index (χ4v) is 1.89. The standard InChI is InChI=1S/C15H13ClN2O/c1-9-6-15(10(2)5-13(9)18)19-14-4-3-12(16)7-11(14)8-17/h3-7H,18H2,1-2H3. The number of nitrogens with zero attached hydrogens (tertiary/aromatic N) is 1. The topological polar surface area (TPSA) is 59.0 Å². The van der Waals surface area contributed by atoms with Crippen molar-refractivity contribution >= 4 is 17.3 Å². The normalized spacial score (nSPS) is 10.0. The molecule has 0 bridgehead atoms. The van der Waals surface area contributed by atoms with Crippen molar-refractivity contribution in [2.24, 2.45) is 0 Å². The molecule has 2 rings (SSSR count). The molecule has 19 heavy (non-hydrogen) atoms. The highest BCUT2D eigenvalue weighted by atomic mass is 35.5. The van der Waals surface area contributed by atoms with Gasteiger partial charge < -0.3 is 10.5 Å². The van der Waals surface area contributed by atoms with Crippen LogP contribution in [0.2, 0.25) is 5.02 Å². The second-order valence-corrected chi connectivity index (χ2v) is 4.77. The molecule has 0 atom stereocenters. The van der Waals surface area contributed by atoms with E-state index in [2.05, 4.69) is 6.07 Å². The molecule has 96 valence electrons. The number of hydrogen-bond donors (Lipinski definition) is 1. The van der Waals surface area contributed by atoms with Gasteiger partial charge >= 0.3 is 0 Å². The first-order valence-electron chi connectivity index (χ1n) is 5.75. The van der Waals surface area contributed by atoms with Gasteiger partial charge in [0.1, 0.15) is 17.6 Å². The number of nitrogens with two attached hydrogens (primary N) is 1. The number of benzene rings is 2. The molecule has 0 amide bonds. The molecule has 0 aromatic heterocycles. The summed E-state index contributed by atoms with van der Waals surface area (Å²) in [6, 6.07) is 10.7. The summed E-state index contributed by atoms with van der Waals surface area (Å²) in [5.74, 6) is 1.17. The molecule has 0 radical (unpaired) electrons. The lowest BCUT2D eigenvalue weighted by atomic mass is 10.1. The van der Waals surface area contributed by atoms with E-state index >= 15 is 0 Å². The number of nitrogen functional groups attached to an aromatic ring is 1. The van der Waals surface area contributed by atoms with E-state index in [-0.39, 0.29) is 0 Å². The average molecular weight is 273 g/mol. The number of nitriles is 1. The maximum atomic E-state index is 9.08. The van der Waals surface area contributed by atoms with Crippen LogP contribution in [0.5, 0.6) is 11.5 Å². The van der Waals surface area contributed by atoms with Crippen molar-refractivity contribution < 1.29 is 4.74 Å². The number of hydrogen-bond acceptors (Lipinski definition) is 3. The Morgan fingerprint density at radius 1 is 1.11 bits per heavy atom. The first-order chi connectivity index (χ1) is 9.01. The third-order valence-electron chi connectivity index (χ3n) is 2.85. The summed E-state index contributed by atoms with van der Waals surface area (Å²) < 4.78 is 5.79. The number of anilines is 1. The number of rotatable bonds is 2. The highest BCUT2D eigenvalue weighted by Gasteiger charge is 2.09. The molecule has 0 aliphatic carbocycles. The molecule has 0 saturated carbocycles. The molecular formula is C15H13ClN2O. The number of aryl methyl sites for hydroxylation is 2. The Kier molecular flexibility index (Phi) is 3.64. The van der Waals surface area contributed by atoms with Crippen LogP contribution < -0.4 is 10.5 Å². The Morgan fingerprint density at radius 3 is 2.53 bits per heavy atom. The van der Waals surface area contributed by atoms with Crippen molar-refractivity contribution in [2.45, 2.75) is 13.8 Å². The molecule has 0 unspecified atom stereocenters. The molecule has 2 aromatic rings. The molecule has 0 saturated heterocycles. The van der Waals surface area contributed by atoms with Crippen molar-refractivity contribution in [2.75, 3.05) is 5.73 Å². The van der Waals surface area contributed by atoms with E-state index in [0.717, 1.165) is 16.8 Å². The second-order valence-electron chi connectivity index (χ2n) is 4.33. The third-order valence-corrected chi connectivity index (χ3v) is 3.08. The zero-order chi connectivity index (χ0) is 14.0. The fourth-order valence-electron chi connectivity index (χ4n) is 1.72. The van der Waals surface area contributed by atoms with Crippen LogP contribution in [-0.2, 0) is 0 Å². The first kappa shape index (κ1) is 13.3. The largest absolute Gasteiger partial charge is 0.456 e. The summed E-state index contributed by atoms with van der Waals surface area (Å²) in [6.45, 7) is 3.82. The van der Waals surface area contributed by atoms with Crippen molar-refractivity contribution in [1.82, 2.24) is 0 Å². The second kappa shape index (κ2) is 5.21. The summed E-state index contributed by atoms with van der Waals surface area (Å²) in [4.78, 5) is 0. The first-order valence-corrected chi connectivity index (χ1v) is 6.13. The molecule has 0 fully saturated rings. The lowest BCUT2D eigenvalue weighted by Gasteiger charge is -2.12. The molecule has 4 heteroatoms. The smallest absolute Gasteiger partial charge is 0.145 e. The Bertz CT molecular complexity index is 675. The van der Waals surface area contributed by atoms with Gasteiger partial charge in [-0.15, -0.1) is 0 Å². The number of halogens is 1. The molecule has 2 N–H and O–H groups in total. The van der Waals surface area contributed by atoms with Gasteiger partial charge in [-0.25, -0.2) is 0 Å². The van der Waals surface area contributed by atoms with Crippen molar-refractivity contribution in [1.29, 1.82) is 5.26 Å². The van der Waals surface area contributed by atoms with Gasteiger partial charge in [0.25, 0.3) is 0 Å². The van der Waals surface area contributed by atoms with Crippen LogP contribution in [0.4, 0.5) is 5.69 Å². The van der Waals surface area contributed by atoms with Crippen molar-refractivity contribution in [3.63, 3.8) is 0 Å². The molecule has 3 nitrogen and oxygen atoms in total. The zero-order valence-corrected chi connectivity index (χ0v) is 11.5. The predicted molar refractivity (Wildman–Crippen MR) is 76.6 cm³/mol. The van der Waals surface area contributed by atoms with E-state index in [0.29, 0.717) is 22.1 Å². The van der Waals surface area contributed by atoms with E-state index in [1.807, 2.05) is 26.0 Å². The molecule has 0 heterocycles.